The SMILES string of the molecule is CCCCC(CC)CNC(=NC)NCc1sc(C)nc1C.I. The molecular formula is C16H31IN4S. The van der Waals surface area contributed by atoms with E-state index in [0.717, 1.165) is 35.7 Å². The third-order valence-electron chi connectivity index (χ3n) is 3.74. The van der Waals surface area contributed by atoms with Gasteiger partial charge in [0.25, 0.3) is 0 Å². The van der Waals surface area contributed by atoms with E-state index in [2.05, 4.69) is 41.4 Å². The van der Waals surface area contributed by atoms with Crippen LogP contribution in [0, 0.1) is 19.8 Å². The van der Waals surface area contributed by atoms with Gasteiger partial charge in [-0.2, -0.15) is 0 Å². The van der Waals surface area contributed by atoms with Gasteiger partial charge in [-0.25, -0.2) is 4.98 Å². The molecule has 0 aliphatic rings. The van der Waals surface area contributed by atoms with Gasteiger partial charge in [-0.15, -0.1) is 35.3 Å². The van der Waals surface area contributed by atoms with Crippen molar-refractivity contribution in [1.82, 2.24) is 15.6 Å². The van der Waals surface area contributed by atoms with Crippen LogP contribution in [0.4, 0.5) is 0 Å². The molecule has 0 aliphatic heterocycles. The molecule has 4 nitrogen and oxygen atoms in total. The third-order valence-corrected chi connectivity index (χ3v) is 4.81. The molecule has 1 rings (SSSR count). The number of aryl methyl sites for hydroxylation is 2. The second kappa shape index (κ2) is 12.1. The molecule has 22 heavy (non-hydrogen) atoms. The van der Waals surface area contributed by atoms with Crippen molar-refractivity contribution in [3.05, 3.63) is 15.6 Å². The van der Waals surface area contributed by atoms with E-state index in [1.807, 2.05) is 14.0 Å². The Bertz CT molecular complexity index is 445. The summed E-state index contributed by atoms with van der Waals surface area (Å²) in [6.07, 6.45) is 5.10. The lowest BCUT2D eigenvalue weighted by atomic mass is 9.99. The average Bonchev–Trinajstić information content (AvgIpc) is 2.80. The van der Waals surface area contributed by atoms with Crippen LogP contribution in [-0.2, 0) is 6.54 Å². The molecule has 1 heterocycles. The van der Waals surface area contributed by atoms with Crippen LogP contribution in [-0.4, -0.2) is 24.5 Å². The fourth-order valence-corrected chi connectivity index (χ4v) is 3.18. The van der Waals surface area contributed by atoms with E-state index in [1.54, 1.807) is 11.3 Å². The summed E-state index contributed by atoms with van der Waals surface area (Å²) in [4.78, 5) is 10.0. The lowest BCUT2D eigenvalue weighted by Crippen LogP contribution is -2.39. The number of aromatic nitrogens is 1. The maximum Gasteiger partial charge on any atom is 0.191 e. The molecule has 0 spiro atoms. The Hall–Kier alpha value is -0.370. The first-order valence-electron chi connectivity index (χ1n) is 7.98. The summed E-state index contributed by atoms with van der Waals surface area (Å²) in [6.45, 7) is 10.4. The van der Waals surface area contributed by atoms with Crippen LogP contribution in [0.1, 0.15) is 55.1 Å². The molecule has 0 saturated heterocycles. The Morgan fingerprint density at radius 3 is 2.50 bits per heavy atom. The Balaban J connectivity index is 0.00000441. The van der Waals surface area contributed by atoms with Crippen molar-refractivity contribution in [1.29, 1.82) is 0 Å². The number of hydrogen-bond acceptors (Lipinski definition) is 3. The molecule has 1 atom stereocenters. The molecule has 0 bridgehead atoms. The van der Waals surface area contributed by atoms with Crippen molar-refractivity contribution < 1.29 is 0 Å². The minimum Gasteiger partial charge on any atom is -0.356 e. The van der Waals surface area contributed by atoms with Crippen molar-refractivity contribution in [3.63, 3.8) is 0 Å². The van der Waals surface area contributed by atoms with E-state index in [4.69, 9.17) is 0 Å². The van der Waals surface area contributed by atoms with E-state index < -0.39 is 0 Å². The third kappa shape index (κ3) is 7.76. The lowest BCUT2D eigenvalue weighted by molar-refractivity contribution is 0.443. The first kappa shape index (κ1) is 21.6. The number of unbranched alkanes of at least 4 members (excludes halogenated alkanes) is 1. The first-order chi connectivity index (χ1) is 10.1. The van der Waals surface area contributed by atoms with Crippen molar-refractivity contribution in [2.75, 3.05) is 13.6 Å². The summed E-state index contributed by atoms with van der Waals surface area (Å²) in [5.74, 6) is 1.62. The van der Waals surface area contributed by atoms with Gasteiger partial charge in [0.2, 0.25) is 0 Å². The summed E-state index contributed by atoms with van der Waals surface area (Å²) in [6, 6.07) is 0. The summed E-state index contributed by atoms with van der Waals surface area (Å²) in [7, 11) is 1.83. The van der Waals surface area contributed by atoms with Gasteiger partial charge in [-0.05, 0) is 26.2 Å². The smallest absolute Gasteiger partial charge is 0.191 e. The number of nitrogens with zero attached hydrogens (tertiary/aromatic N) is 2. The number of hydrogen-bond donors (Lipinski definition) is 2. The lowest BCUT2D eigenvalue weighted by Gasteiger charge is -2.17. The zero-order valence-corrected chi connectivity index (χ0v) is 17.7. The molecule has 0 saturated carbocycles. The highest BCUT2D eigenvalue weighted by atomic mass is 127. The summed E-state index contributed by atoms with van der Waals surface area (Å²) in [5.41, 5.74) is 1.12. The molecule has 0 fully saturated rings. The van der Waals surface area contributed by atoms with Crippen molar-refractivity contribution in [2.45, 2.75) is 59.9 Å². The van der Waals surface area contributed by atoms with E-state index in [9.17, 15) is 0 Å². The average molecular weight is 438 g/mol. The molecule has 128 valence electrons. The zero-order valence-electron chi connectivity index (χ0n) is 14.5. The number of guanidine groups is 1. The molecular weight excluding hydrogens is 407 g/mol. The second-order valence-corrected chi connectivity index (χ2v) is 6.75. The molecule has 0 aromatic carbocycles. The van der Waals surface area contributed by atoms with Gasteiger partial charge < -0.3 is 10.6 Å². The number of nitrogens with one attached hydrogen (secondary N) is 2. The van der Waals surface area contributed by atoms with Crippen LogP contribution in [0.25, 0.3) is 0 Å². The quantitative estimate of drug-likeness (QED) is 0.362. The van der Waals surface area contributed by atoms with Crippen LogP contribution in [0.2, 0.25) is 0 Å². The highest BCUT2D eigenvalue weighted by molar-refractivity contribution is 14.0. The predicted molar refractivity (Wildman–Crippen MR) is 109 cm³/mol. The Kier molecular flexibility index (Phi) is 11.9. The van der Waals surface area contributed by atoms with Crippen molar-refractivity contribution in [3.8, 4) is 0 Å². The molecule has 1 aromatic heterocycles. The minimum atomic E-state index is 0. The summed E-state index contributed by atoms with van der Waals surface area (Å²) >= 11 is 1.75. The first-order valence-corrected chi connectivity index (χ1v) is 8.79. The van der Waals surface area contributed by atoms with Gasteiger partial charge in [0, 0.05) is 18.5 Å². The van der Waals surface area contributed by atoms with Gasteiger partial charge in [0.15, 0.2) is 5.96 Å². The summed E-state index contributed by atoms with van der Waals surface area (Å²) < 4.78 is 0. The largest absolute Gasteiger partial charge is 0.356 e. The Morgan fingerprint density at radius 1 is 1.27 bits per heavy atom. The van der Waals surface area contributed by atoms with Crippen LogP contribution in [0.5, 0.6) is 0 Å². The van der Waals surface area contributed by atoms with Crippen LogP contribution in [0.15, 0.2) is 4.99 Å². The maximum atomic E-state index is 4.45. The molecule has 0 aliphatic carbocycles. The number of rotatable bonds is 8. The van der Waals surface area contributed by atoms with Crippen LogP contribution in [0.3, 0.4) is 0 Å². The molecule has 0 radical (unpaired) electrons. The predicted octanol–water partition coefficient (Wildman–Crippen LogP) is 4.26. The molecule has 2 N–H and O–H groups in total. The zero-order chi connectivity index (χ0) is 15.7. The van der Waals surface area contributed by atoms with Gasteiger partial charge >= 0.3 is 0 Å². The van der Waals surface area contributed by atoms with Crippen LogP contribution >= 0.6 is 35.3 Å². The normalized spacial score (nSPS) is 12.7. The summed E-state index contributed by atoms with van der Waals surface area (Å²) in [5, 5.41) is 7.96. The van der Waals surface area contributed by atoms with E-state index in [0.29, 0.717) is 0 Å². The molecule has 1 unspecified atom stereocenters. The van der Waals surface area contributed by atoms with Crippen molar-refractivity contribution in [2.24, 2.45) is 10.9 Å². The second-order valence-electron chi connectivity index (χ2n) is 5.46. The van der Waals surface area contributed by atoms with Gasteiger partial charge in [-0.3, -0.25) is 4.99 Å². The fourth-order valence-electron chi connectivity index (χ4n) is 2.31. The van der Waals surface area contributed by atoms with E-state index >= 15 is 0 Å². The highest BCUT2D eigenvalue weighted by Gasteiger charge is 2.08. The monoisotopic (exact) mass is 438 g/mol. The van der Waals surface area contributed by atoms with Gasteiger partial charge in [0.1, 0.15) is 0 Å². The van der Waals surface area contributed by atoms with Gasteiger partial charge in [0.05, 0.1) is 17.2 Å². The fraction of sp³-hybridized carbons (Fsp3) is 0.750. The number of thiazole rings is 1. The standard InChI is InChI=1S/C16H30N4S.HI/c1-6-8-9-14(7-2)10-18-16(17-5)19-11-15-12(3)20-13(4)21-15;/h14H,6-11H2,1-5H3,(H2,17,18,19);1H. The van der Waals surface area contributed by atoms with E-state index in [1.165, 1.54) is 30.6 Å². The number of aliphatic imine (C=N–C) groups is 1. The Labute approximate surface area is 156 Å². The van der Waals surface area contributed by atoms with Gasteiger partial charge in [-0.1, -0.05) is 33.1 Å². The Morgan fingerprint density at radius 2 is 2.00 bits per heavy atom. The van der Waals surface area contributed by atoms with E-state index in [-0.39, 0.29) is 24.0 Å². The molecule has 1 aromatic rings. The highest BCUT2D eigenvalue weighted by Crippen LogP contribution is 2.16. The maximum absolute atomic E-state index is 4.45. The van der Waals surface area contributed by atoms with Crippen molar-refractivity contribution >= 4 is 41.3 Å². The number of halogens is 1. The van der Waals surface area contributed by atoms with Crippen LogP contribution < -0.4 is 10.6 Å². The topological polar surface area (TPSA) is 49.3 Å². The molecule has 0 amide bonds. The molecule has 6 heteroatoms. The minimum absolute atomic E-state index is 0.